The smallest absolute Gasteiger partial charge is 0.377 e. The minimum Gasteiger partial charge on any atom is -0.377 e. The molecule has 3 aromatic rings. The number of hydrogen-bond acceptors (Lipinski definition) is 6. The second-order valence-corrected chi connectivity index (χ2v) is 7.03. The number of anilines is 2. The number of alkyl halides is 3. The molecule has 0 saturated carbocycles. The molecule has 0 aromatic carbocycles. The molecule has 1 fully saturated rings. The number of nitrogens with zero attached hydrogens (tertiary/aromatic N) is 4. The number of aromatic amines is 1. The first-order valence-electron chi connectivity index (χ1n) is 9.29. The molecule has 1 saturated heterocycles. The van der Waals surface area contributed by atoms with E-state index in [1.807, 2.05) is 13.0 Å². The Bertz CT molecular complexity index is 1020. The van der Waals surface area contributed by atoms with Crippen LogP contribution in [-0.4, -0.2) is 58.5 Å². The van der Waals surface area contributed by atoms with Gasteiger partial charge in [0.25, 0.3) is 0 Å². The SMILES string of the molecule is Cc1c(NCC(F)(F)F)nc(-c2ccnc3[nH]ccc23)nc1N1CCOC[C@H]1C. The van der Waals surface area contributed by atoms with Crippen LogP contribution in [0.25, 0.3) is 22.4 Å². The lowest BCUT2D eigenvalue weighted by Gasteiger charge is -2.35. The van der Waals surface area contributed by atoms with Gasteiger partial charge in [-0.25, -0.2) is 15.0 Å². The molecule has 10 heteroatoms. The number of nitrogens with one attached hydrogen (secondary N) is 2. The summed E-state index contributed by atoms with van der Waals surface area (Å²) in [7, 11) is 0. The number of rotatable bonds is 4. The van der Waals surface area contributed by atoms with Crippen molar-refractivity contribution in [2.45, 2.75) is 26.1 Å². The minimum absolute atomic E-state index is 0.0467. The molecule has 29 heavy (non-hydrogen) atoms. The van der Waals surface area contributed by atoms with Gasteiger partial charge in [-0.3, -0.25) is 0 Å². The Morgan fingerprint density at radius 2 is 2.14 bits per heavy atom. The first-order valence-corrected chi connectivity index (χ1v) is 9.29. The molecule has 7 nitrogen and oxygen atoms in total. The summed E-state index contributed by atoms with van der Waals surface area (Å²) in [6.45, 7) is 4.23. The number of ether oxygens (including phenoxy) is 1. The van der Waals surface area contributed by atoms with Crippen LogP contribution in [0.15, 0.2) is 24.5 Å². The van der Waals surface area contributed by atoms with Gasteiger partial charge in [0.1, 0.15) is 23.8 Å². The summed E-state index contributed by atoms with van der Waals surface area (Å²) in [4.78, 5) is 18.5. The van der Waals surface area contributed by atoms with Gasteiger partial charge < -0.3 is 19.9 Å². The van der Waals surface area contributed by atoms with Crippen LogP contribution in [0.3, 0.4) is 0 Å². The molecule has 0 spiro atoms. The molecule has 1 aliphatic heterocycles. The number of fused-ring (bicyclic) bond motifs is 1. The Hall–Kier alpha value is -2.88. The minimum atomic E-state index is -4.35. The third-order valence-electron chi connectivity index (χ3n) is 4.92. The summed E-state index contributed by atoms with van der Waals surface area (Å²) in [6, 6.07) is 3.66. The molecular formula is C19H21F3N6O. The zero-order valence-corrected chi connectivity index (χ0v) is 16.0. The Kier molecular flexibility index (Phi) is 5.03. The lowest BCUT2D eigenvalue weighted by Crippen LogP contribution is -2.44. The van der Waals surface area contributed by atoms with Gasteiger partial charge in [-0.1, -0.05) is 0 Å². The second kappa shape index (κ2) is 7.51. The Morgan fingerprint density at radius 1 is 1.31 bits per heavy atom. The third kappa shape index (κ3) is 3.98. The van der Waals surface area contributed by atoms with Crippen LogP contribution < -0.4 is 10.2 Å². The van der Waals surface area contributed by atoms with Crippen LogP contribution in [0.1, 0.15) is 12.5 Å². The highest BCUT2D eigenvalue weighted by atomic mass is 19.4. The van der Waals surface area contributed by atoms with E-state index in [0.29, 0.717) is 48.2 Å². The van der Waals surface area contributed by atoms with Crippen LogP contribution in [0.5, 0.6) is 0 Å². The largest absolute Gasteiger partial charge is 0.405 e. The fraction of sp³-hybridized carbons (Fsp3) is 0.421. The fourth-order valence-electron chi connectivity index (χ4n) is 3.46. The first-order chi connectivity index (χ1) is 13.8. The van der Waals surface area contributed by atoms with Crippen molar-refractivity contribution < 1.29 is 17.9 Å². The molecule has 1 aliphatic rings. The Balaban J connectivity index is 1.84. The molecule has 4 rings (SSSR count). The van der Waals surface area contributed by atoms with Gasteiger partial charge >= 0.3 is 6.18 Å². The number of morpholine rings is 1. The molecule has 0 amide bonds. The molecule has 0 radical (unpaired) electrons. The predicted molar refractivity (Wildman–Crippen MR) is 104 cm³/mol. The van der Waals surface area contributed by atoms with E-state index in [4.69, 9.17) is 9.72 Å². The highest BCUT2D eigenvalue weighted by molar-refractivity contribution is 5.91. The van der Waals surface area contributed by atoms with Gasteiger partial charge in [-0.05, 0) is 26.0 Å². The number of halogens is 3. The van der Waals surface area contributed by atoms with Crippen molar-refractivity contribution in [1.82, 2.24) is 19.9 Å². The lowest BCUT2D eigenvalue weighted by molar-refractivity contribution is -0.115. The topological polar surface area (TPSA) is 79.0 Å². The molecule has 4 heterocycles. The highest BCUT2D eigenvalue weighted by Crippen LogP contribution is 2.32. The molecule has 2 N–H and O–H groups in total. The van der Waals surface area contributed by atoms with E-state index in [1.54, 1.807) is 25.4 Å². The monoisotopic (exact) mass is 406 g/mol. The fourth-order valence-corrected chi connectivity index (χ4v) is 3.46. The van der Waals surface area contributed by atoms with Gasteiger partial charge in [-0.2, -0.15) is 13.2 Å². The maximum Gasteiger partial charge on any atom is 0.405 e. The summed E-state index contributed by atoms with van der Waals surface area (Å²) in [5.41, 5.74) is 1.94. The van der Waals surface area contributed by atoms with Gasteiger partial charge in [0, 0.05) is 35.5 Å². The van der Waals surface area contributed by atoms with Crippen LogP contribution in [0, 0.1) is 6.92 Å². The Labute approximate surface area is 165 Å². The number of hydrogen-bond donors (Lipinski definition) is 2. The quantitative estimate of drug-likeness (QED) is 0.690. The van der Waals surface area contributed by atoms with E-state index >= 15 is 0 Å². The van der Waals surface area contributed by atoms with E-state index < -0.39 is 12.7 Å². The molecule has 0 aliphatic carbocycles. The summed E-state index contributed by atoms with van der Waals surface area (Å²) in [6.07, 6.45) is -0.977. The van der Waals surface area contributed by atoms with Crippen molar-refractivity contribution >= 4 is 22.7 Å². The van der Waals surface area contributed by atoms with Crippen LogP contribution >= 0.6 is 0 Å². The van der Waals surface area contributed by atoms with Gasteiger partial charge in [0.05, 0.1) is 19.3 Å². The van der Waals surface area contributed by atoms with Gasteiger partial charge in [0.15, 0.2) is 5.82 Å². The summed E-state index contributed by atoms with van der Waals surface area (Å²) < 4.78 is 44.0. The number of H-pyrrole nitrogens is 1. The van der Waals surface area contributed by atoms with E-state index in [1.165, 1.54) is 0 Å². The standard InChI is InChI=1S/C19H21F3N6O/c1-11-9-29-8-7-28(11)18-12(2)15(25-10-19(20,21)22)26-17(27-18)14-4-6-24-16-13(14)3-5-23-16/h3-6,11H,7-10H2,1-2H3,(H,23,24)(H,25,26,27)/t11-/m1/s1. The highest BCUT2D eigenvalue weighted by Gasteiger charge is 2.29. The molecular weight excluding hydrogens is 385 g/mol. The summed E-state index contributed by atoms with van der Waals surface area (Å²) in [5, 5.41) is 3.25. The molecule has 0 bridgehead atoms. The molecule has 3 aromatic heterocycles. The third-order valence-corrected chi connectivity index (χ3v) is 4.92. The van der Waals surface area contributed by atoms with Crippen molar-refractivity contribution in [3.8, 4) is 11.4 Å². The van der Waals surface area contributed by atoms with E-state index in [-0.39, 0.29) is 11.9 Å². The zero-order chi connectivity index (χ0) is 20.6. The maximum absolute atomic E-state index is 12.8. The molecule has 1 atom stereocenters. The second-order valence-electron chi connectivity index (χ2n) is 7.03. The van der Waals surface area contributed by atoms with Crippen molar-refractivity contribution in [2.75, 3.05) is 36.5 Å². The van der Waals surface area contributed by atoms with E-state index in [0.717, 1.165) is 5.39 Å². The first kappa shape index (κ1) is 19.4. The zero-order valence-electron chi connectivity index (χ0n) is 16.0. The van der Waals surface area contributed by atoms with Crippen LogP contribution in [-0.2, 0) is 4.74 Å². The summed E-state index contributed by atoms with van der Waals surface area (Å²) >= 11 is 0. The number of pyridine rings is 1. The lowest BCUT2D eigenvalue weighted by atomic mass is 10.1. The normalized spacial score (nSPS) is 17.7. The average molecular weight is 406 g/mol. The molecule has 0 unspecified atom stereocenters. The van der Waals surface area contributed by atoms with E-state index in [9.17, 15) is 13.2 Å². The van der Waals surface area contributed by atoms with Crippen LogP contribution in [0.4, 0.5) is 24.8 Å². The Morgan fingerprint density at radius 3 is 2.90 bits per heavy atom. The van der Waals surface area contributed by atoms with E-state index in [2.05, 4.69) is 25.2 Å². The van der Waals surface area contributed by atoms with Gasteiger partial charge in [-0.15, -0.1) is 0 Å². The number of aromatic nitrogens is 4. The van der Waals surface area contributed by atoms with Crippen molar-refractivity contribution in [3.05, 3.63) is 30.1 Å². The summed E-state index contributed by atoms with van der Waals surface area (Å²) in [5.74, 6) is 1.12. The van der Waals surface area contributed by atoms with Crippen molar-refractivity contribution in [1.29, 1.82) is 0 Å². The maximum atomic E-state index is 12.8. The van der Waals surface area contributed by atoms with Crippen LogP contribution in [0.2, 0.25) is 0 Å². The van der Waals surface area contributed by atoms with Crippen molar-refractivity contribution in [2.24, 2.45) is 0 Å². The molecule has 154 valence electrons. The van der Waals surface area contributed by atoms with Gasteiger partial charge in [0.2, 0.25) is 0 Å². The predicted octanol–water partition coefficient (Wildman–Crippen LogP) is 3.53. The van der Waals surface area contributed by atoms with Crippen molar-refractivity contribution in [3.63, 3.8) is 0 Å². The average Bonchev–Trinajstić information content (AvgIpc) is 3.16.